The molecule has 1 unspecified atom stereocenters. The average molecular weight is 720 g/mol. The van der Waals surface area contributed by atoms with Gasteiger partial charge in [0, 0.05) is 44.3 Å². The summed E-state index contributed by atoms with van der Waals surface area (Å²) in [5.74, 6) is -5.76. The van der Waals surface area contributed by atoms with Gasteiger partial charge < -0.3 is 39.7 Å². The summed E-state index contributed by atoms with van der Waals surface area (Å²) in [6.07, 6.45) is -8.36. The van der Waals surface area contributed by atoms with Gasteiger partial charge in [0.1, 0.15) is 31.0 Å². The molecule has 1 aromatic heterocycles. The Morgan fingerprint density at radius 1 is 0.865 bits per heavy atom. The number of carboxylic acids is 1. The first-order valence-corrected chi connectivity index (χ1v) is 17.3. The van der Waals surface area contributed by atoms with Gasteiger partial charge in [-0.15, -0.1) is 0 Å². The number of β-amino-alcohol motifs (C(OH)–C–C–N with tert-alkyl or cyclic N) is 1. The summed E-state index contributed by atoms with van der Waals surface area (Å²) in [5, 5.41) is 52.0. The van der Waals surface area contributed by atoms with Crippen LogP contribution in [0.1, 0.15) is 40.1 Å². The molecule has 0 spiro atoms. The molecule has 1 saturated carbocycles. The van der Waals surface area contributed by atoms with Crippen LogP contribution < -0.4 is 9.47 Å². The van der Waals surface area contributed by atoms with Crippen molar-refractivity contribution in [2.45, 2.75) is 60.6 Å². The summed E-state index contributed by atoms with van der Waals surface area (Å²) < 4.78 is 47.5. The van der Waals surface area contributed by atoms with E-state index in [0.717, 1.165) is 11.1 Å². The highest BCUT2D eigenvalue weighted by Gasteiger charge is 2.71. The number of hydrogen-bond acceptors (Lipinski definition) is 11. The van der Waals surface area contributed by atoms with E-state index in [-0.39, 0.29) is 30.7 Å². The van der Waals surface area contributed by atoms with Crippen LogP contribution in [0.25, 0.3) is 10.9 Å². The Balaban J connectivity index is 0.945. The van der Waals surface area contributed by atoms with Crippen LogP contribution in [0.2, 0.25) is 0 Å². The van der Waals surface area contributed by atoms with Crippen LogP contribution in [0, 0.1) is 0 Å². The molecular weight excluding hydrogens is 680 g/mol. The topological polar surface area (TPSA) is 165 Å². The summed E-state index contributed by atoms with van der Waals surface area (Å²) in [6.45, 7) is 2.70. The van der Waals surface area contributed by atoms with E-state index in [2.05, 4.69) is 14.8 Å². The Morgan fingerprint density at radius 2 is 1.50 bits per heavy atom. The highest BCUT2D eigenvalue weighted by Crippen LogP contribution is 2.70. The minimum Gasteiger partial charge on any atom is -0.486 e. The van der Waals surface area contributed by atoms with Crippen LogP contribution in [0.15, 0.2) is 79.0 Å². The monoisotopic (exact) mass is 719 g/mol. The number of halogens is 2. The van der Waals surface area contributed by atoms with Crippen LogP contribution in [-0.4, -0.2) is 128 Å². The Morgan fingerprint density at radius 3 is 2.13 bits per heavy atom. The molecule has 0 amide bonds. The second-order valence-electron chi connectivity index (χ2n) is 13.9. The van der Waals surface area contributed by atoms with Crippen molar-refractivity contribution in [1.29, 1.82) is 0 Å². The molecule has 52 heavy (non-hydrogen) atoms. The second-order valence-corrected chi connectivity index (χ2v) is 13.9. The van der Waals surface area contributed by atoms with Crippen LogP contribution in [0.3, 0.4) is 0 Å². The zero-order valence-electron chi connectivity index (χ0n) is 27.9. The Labute approximate surface area is 297 Å². The molecule has 274 valence electrons. The molecule has 2 saturated heterocycles. The lowest BCUT2D eigenvalue weighted by molar-refractivity contribution is -0.271. The van der Waals surface area contributed by atoms with Gasteiger partial charge in [0.05, 0.1) is 23.4 Å². The number of aliphatic carboxylic acids is 1. The van der Waals surface area contributed by atoms with Crippen molar-refractivity contribution in [2.24, 2.45) is 0 Å². The highest BCUT2D eigenvalue weighted by molar-refractivity contribution is 5.87. The lowest BCUT2D eigenvalue weighted by atomic mass is 9.90. The summed E-state index contributed by atoms with van der Waals surface area (Å²) in [4.78, 5) is 20.4. The zero-order valence-corrected chi connectivity index (χ0v) is 27.9. The molecule has 14 heteroatoms. The molecule has 5 N–H and O–H groups in total. The minimum absolute atomic E-state index is 0.0393. The number of piperazine rings is 1. The first-order chi connectivity index (χ1) is 25.0. The maximum absolute atomic E-state index is 15.1. The van der Waals surface area contributed by atoms with Crippen molar-refractivity contribution in [2.75, 3.05) is 39.3 Å². The Kier molecular flexibility index (Phi) is 9.10. The molecule has 2 aliphatic carbocycles. The maximum Gasteiger partial charge on any atom is 0.335 e. The number of aliphatic hydroxyl groups excluding tert-OH is 4. The van der Waals surface area contributed by atoms with Gasteiger partial charge in [-0.1, -0.05) is 48.5 Å². The zero-order chi connectivity index (χ0) is 36.3. The number of ether oxygens (including phenoxy) is 3. The van der Waals surface area contributed by atoms with Crippen molar-refractivity contribution in [3.63, 3.8) is 0 Å². The summed E-state index contributed by atoms with van der Waals surface area (Å²) in [5.41, 5.74) is 3.79. The number of aromatic nitrogens is 1. The largest absolute Gasteiger partial charge is 0.486 e. The van der Waals surface area contributed by atoms with Gasteiger partial charge in [-0.3, -0.25) is 14.8 Å². The van der Waals surface area contributed by atoms with Gasteiger partial charge in [0.2, 0.25) is 6.29 Å². The smallest absolute Gasteiger partial charge is 0.335 e. The standard InChI is InChI=1S/C38H39F2N3O9/c39-38(40)28-21-6-1-3-8-23(21)30(24-9-4-2-7-22(24)29(28)38)43-16-14-42(15-17-43)18-20(44)19-50-34-25-10-5-13-41-26(25)11-12-27(34)51-37-33(47)31(45)32(46)35(52-37)36(48)49/h1-13,20,28-33,35,37,44-47H,14-19H2,(H,48,49)/t20-,28-,29+,30?,31+,32-,33+,35+,37-/m1/s1. The predicted octanol–water partition coefficient (Wildman–Crippen LogP) is 2.48. The fourth-order valence-corrected chi connectivity index (χ4v) is 8.10. The molecular formula is C38H39F2N3O9. The first-order valence-electron chi connectivity index (χ1n) is 17.3. The lowest BCUT2D eigenvalue weighted by Gasteiger charge is -2.41. The van der Waals surface area contributed by atoms with Gasteiger partial charge in [0.25, 0.3) is 5.92 Å². The molecule has 2 aliphatic heterocycles. The van der Waals surface area contributed by atoms with Crippen molar-refractivity contribution >= 4 is 16.9 Å². The van der Waals surface area contributed by atoms with E-state index in [1.54, 1.807) is 24.4 Å². The number of aliphatic hydroxyl groups is 4. The number of rotatable bonds is 9. The Bertz CT molecular complexity index is 1900. The third-order valence-electron chi connectivity index (χ3n) is 10.7. The molecule has 0 radical (unpaired) electrons. The second kappa shape index (κ2) is 13.6. The SMILES string of the molecule is O=C(O)[C@H]1O[C@@H](Oc2ccc3ncccc3c2OC[C@H](O)CN2CCN(C3c4ccccc4[C@@H]4[C@H](c5ccccc53)C4(F)F)CC2)[C@@H](O)[C@@H](O)[C@H]1O. The number of pyridine rings is 1. The summed E-state index contributed by atoms with van der Waals surface area (Å²) >= 11 is 0. The summed E-state index contributed by atoms with van der Waals surface area (Å²) in [6, 6.07) is 21.5. The highest BCUT2D eigenvalue weighted by atomic mass is 19.3. The van der Waals surface area contributed by atoms with Gasteiger partial charge >= 0.3 is 5.97 Å². The van der Waals surface area contributed by atoms with E-state index in [9.17, 15) is 30.3 Å². The number of carbonyl (C=O) groups is 1. The fourth-order valence-electron chi connectivity index (χ4n) is 8.10. The fraction of sp³-hybridized carbons (Fsp3) is 0.421. The molecule has 8 rings (SSSR count). The average Bonchev–Trinajstić information content (AvgIpc) is 3.76. The number of carboxylic acid groups (broad SMARTS) is 1. The van der Waals surface area contributed by atoms with Crippen LogP contribution in [-0.2, 0) is 9.53 Å². The van der Waals surface area contributed by atoms with E-state index < -0.39 is 60.5 Å². The number of fused-ring (bicyclic) bond motifs is 6. The molecule has 0 bridgehead atoms. The van der Waals surface area contributed by atoms with Gasteiger partial charge in [-0.2, -0.15) is 0 Å². The van der Waals surface area contributed by atoms with E-state index in [1.165, 1.54) is 6.07 Å². The van der Waals surface area contributed by atoms with Crippen LogP contribution in [0.4, 0.5) is 8.78 Å². The van der Waals surface area contributed by atoms with Gasteiger partial charge in [-0.05, 0) is 46.5 Å². The third kappa shape index (κ3) is 6.07. The molecule has 3 aromatic carbocycles. The molecule has 12 nitrogen and oxygen atoms in total. The third-order valence-corrected chi connectivity index (χ3v) is 10.7. The van der Waals surface area contributed by atoms with E-state index in [0.29, 0.717) is 48.2 Å². The normalized spacial score (nSPS) is 30.3. The Hall–Kier alpha value is -4.28. The predicted molar refractivity (Wildman–Crippen MR) is 181 cm³/mol. The minimum atomic E-state index is -2.77. The number of alkyl halides is 2. The van der Waals surface area contributed by atoms with E-state index in [4.69, 9.17) is 14.2 Å². The first kappa shape index (κ1) is 34.8. The van der Waals surface area contributed by atoms with Crippen LogP contribution in [0.5, 0.6) is 11.5 Å². The molecule has 4 aromatic rings. The molecule has 3 fully saturated rings. The molecule has 4 aliphatic rings. The maximum atomic E-state index is 15.1. The van der Waals surface area contributed by atoms with E-state index in [1.807, 2.05) is 48.5 Å². The van der Waals surface area contributed by atoms with E-state index >= 15 is 8.78 Å². The van der Waals surface area contributed by atoms with Crippen LogP contribution >= 0.6 is 0 Å². The quantitative estimate of drug-likeness (QED) is 0.172. The van der Waals surface area contributed by atoms with Gasteiger partial charge in [0.15, 0.2) is 17.6 Å². The van der Waals surface area contributed by atoms with Gasteiger partial charge in [-0.25, -0.2) is 13.6 Å². The number of hydrogen-bond donors (Lipinski definition) is 5. The van der Waals surface area contributed by atoms with Crippen molar-refractivity contribution in [3.05, 3.63) is 101 Å². The molecule has 3 heterocycles. The summed E-state index contributed by atoms with van der Waals surface area (Å²) in [7, 11) is 0. The van der Waals surface area contributed by atoms with Crippen molar-refractivity contribution in [1.82, 2.24) is 14.8 Å². The number of benzene rings is 3. The lowest BCUT2D eigenvalue weighted by Crippen LogP contribution is -2.61. The van der Waals surface area contributed by atoms with Crippen molar-refractivity contribution in [3.8, 4) is 11.5 Å². The molecule has 9 atom stereocenters. The number of nitrogens with zero attached hydrogens (tertiary/aromatic N) is 3. The van der Waals surface area contributed by atoms with Crippen molar-refractivity contribution < 1.29 is 53.3 Å².